The molecule has 3 N–H and O–H groups in total. The van der Waals surface area contributed by atoms with E-state index >= 15 is 0 Å². The number of unbranched alkanes of at least 4 members (excludes halogenated alkanes) is 1. The molecule has 1 saturated heterocycles. The minimum absolute atomic E-state index is 0.328. The van der Waals surface area contributed by atoms with Crippen molar-refractivity contribution in [2.45, 2.75) is 25.8 Å². The first-order valence-electron chi connectivity index (χ1n) is 13.0. The fourth-order valence-electron chi connectivity index (χ4n) is 4.54. The molecule has 0 spiro atoms. The van der Waals surface area contributed by atoms with Crippen molar-refractivity contribution in [3.8, 4) is 5.75 Å². The van der Waals surface area contributed by atoms with Crippen LogP contribution < -0.4 is 26.2 Å². The fourth-order valence-corrected chi connectivity index (χ4v) is 4.95. The van der Waals surface area contributed by atoms with Crippen LogP contribution in [0, 0.1) is 0 Å². The summed E-state index contributed by atoms with van der Waals surface area (Å²) in [5.74, 6) is -0.441. The number of carbonyl (C=O) groups excluding carboxylic acids is 2. The molecule has 1 aliphatic rings. The zero-order chi connectivity index (χ0) is 27.9. The first kappa shape index (κ1) is 28.9. The van der Waals surface area contributed by atoms with Crippen molar-refractivity contribution in [3.05, 3.63) is 68.9 Å². The van der Waals surface area contributed by atoms with E-state index in [1.54, 1.807) is 24.3 Å². The summed E-state index contributed by atoms with van der Waals surface area (Å²) in [5, 5.41) is 4.35. The van der Waals surface area contributed by atoms with Crippen LogP contribution in [-0.2, 0) is 4.79 Å². The maximum absolute atomic E-state index is 12.7. The van der Waals surface area contributed by atoms with Crippen LogP contribution >= 0.6 is 23.2 Å². The van der Waals surface area contributed by atoms with E-state index in [0.717, 1.165) is 55.8 Å². The number of fused-ring (bicyclic) bond motifs is 1. The van der Waals surface area contributed by atoms with Gasteiger partial charge in [0.15, 0.2) is 0 Å². The smallest absolute Gasteiger partial charge is 0.257 e. The third kappa shape index (κ3) is 7.30. The first-order chi connectivity index (χ1) is 18.7. The highest BCUT2D eigenvalue weighted by atomic mass is 35.5. The summed E-state index contributed by atoms with van der Waals surface area (Å²) in [7, 11) is 0. The Morgan fingerprint density at radius 3 is 2.54 bits per heavy atom. The minimum atomic E-state index is -0.750. The Balaban J connectivity index is 1.26. The maximum atomic E-state index is 12.7. The number of halogens is 2. The highest BCUT2D eigenvalue weighted by molar-refractivity contribution is 6.43. The van der Waals surface area contributed by atoms with Gasteiger partial charge < -0.3 is 20.7 Å². The average molecular weight is 575 g/mol. The van der Waals surface area contributed by atoms with Crippen molar-refractivity contribution in [2.75, 3.05) is 50.8 Å². The number of piperazine rings is 1. The van der Waals surface area contributed by atoms with Crippen molar-refractivity contribution in [1.29, 1.82) is 0 Å². The third-order valence-corrected chi connectivity index (χ3v) is 7.54. The van der Waals surface area contributed by atoms with Crippen LogP contribution in [0.2, 0.25) is 10.0 Å². The summed E-state index contributed by atoms with van der Waals surface area (Å²) in [6.45, 7) is 6.36. The third-order valence-electron chi connectivity index (χ3n) is 6.73. The summed E-state index contributed by atoms with van der Waals surface area (Å²) < 4.78 is 7.00. The van der Waals surface area contributed by atoms with Gasteiger partial charge in [0.2, 0.25) is 5.91 Å². The second-order valence-electron chi connectivity index (χ2n) is 9.59. The van der Waals surface area contributed by atoms with Crippen LogP contribution in [0.5, 0.6) is 5.75 Å². The van der Waals surface area contributed by atoms with Gasteiger partial charge in [0, 0.05) is 38.3 Å². The molecule has 2 aromatic carbocycles. The monoisotopic (exact) mass is 573 g/mol. The second-order valence-corrected chi connectivity index (χ2v) is 10.4. The highest BCUT2D eigenvalue weighted by Crippen LogP contribution is 2.32. The SMILES string of the molecule is CC(N)C(=O)NCC(=O)n1c(=O)ccc2ccc(OCCCCN3CCN(c4cccc(Cl)c4Cl)CC3)cc21. The summed E-state index contributed by atoms with van der Waals surface area (Å²) in [5.41, 5.74) is 6.46. The quantitative estimate of drug-likeness (QED) is 0.358. The van der Waals surface area contributed by atoms with E-state index in [2.05, 4.69) is 15.1 Å². The summed E-state index contributed by atoms with van der Waals surface area (Å²) in [6, 6.07) is 13.3. The summed E-state index contributed by atoms with van der Waals surface area (Å²) >= 11 is 12.5. The van der Waals surface area contributed by atoms with Crippen molar-refractivity contribution in [1.82, 2.24) is 14.8 Å². The highest BCUT2D eigenvalue weighted by Gasteiger charge is 2.19. The Morgan fingerprint density at radius 1 is 1.05 bits per heavy atom. The number of rotatable bonds is 10. The Bertz CT molecular complexity index is 1390. The molecule has 3 aromatic rings. The lowest BCUT2D eigenvalue weighted by Gasteiger charge is -2.36. The van der Waals surface area contributed by atoms with Gasteiger partial charge in [-0.2, -0.15) is 0 Å². The van der Waals surface area contributed by atoms with E-state index in [1.165, 1.54) is 13.0 Å². The molecular weight excluding hydrogens is 541 g/mol. The molecule has 0 saturated carbocycles. The predicted molar refractivity (Wildman–Crippen MR) is 155 cm³/mol. The van der Waals surface area contributed by atoms with Gasteiger partial charge in [-0.1, -0.05) is 29.3 Å². The molecule has 1 unspecified atom stereocenters. The number of benzene rings is 2. The van der Waals surface area contributed by atoms with Gasteiger partial charge in [0.1, 0.15) is 5.75 Å². The lowest BCUT2D eigenvalue weighted by atomic mass is 10.2. The zero-order valence-electron chi connectivity index (χ0n) is 21.9. The Labute approximate surface area is 237 Å². The van der Waals surface area contributed by atoms with Gasteiger partial charge in [0.05, 0.1) is 40.4 Å². The van der Waals surface area contributed by atoms with Crippen molar-refractivity contribution in [3.63, 3.8) is 0 Å². The van der Waals surface area contributed by atoms with Crippen molar-refractivity contribution < 1.29 is 14.3 Å². The number of ether oxygens (including phenoxy) is 1. The van der Waals surface area contributed by atoms with Gasteiger partial charge in [-0.3, -0.25) is 19.3 Å². The molecule has 1 fully saturated rings. The lowest BCUT2D eigenvalue weighted by Crippen LogP contribution is -2.46. The van der Waals surface area contributed by atoms with Crippen molar-refractivity contribution >= 4 is 51.6 Å². The number of nitrogens with one attached hydrogen (secondary N) is 1. The number of nitrogens with two attached hydrogens (primary N) is 1. The molecule has 1 atom stereocenters. The predicted octanol–water partition coefficient (Wildman–Crippen LogP) is 3.39. The van der Waals surface area contributed by atoms with Crippen LogP contribution in [0.25, 0.3) is 10.9 Å². The Morgan fingerprint density at radius 2 is 1.79 bits per heavy atom. The molecule has 1 amide bonds. The number of hydrogen-bond donors (Lipinski definition) is 2. The molecule has 4 rings (SSSR count). The van der Waals surface area contributed by atoms with Crippen molar-refractivity contribution in [2.24, 2.45) is 5.73 Å². The molecule has 39 heavy (non-hydrogen) atoms. The molecule has 2 heterocycles. The number of hydrogen-bond acceptors (Lipinski definition) is 7. The van der Waals surface area contributed by atoms with E-state index < -0.39 is 23.4 Å². The molecule has 1 aromatic heterocycles. The molecular formula is C28H33Cl2N5O4. The van der Waals surface area contributed by atoms with Crippen LogP contribution in [-0.4, -0.2) is 73.2 Å². The fraction of sp³-hybridized carbons (Fsp3) is 0.393. The number of anilines is 1. The number of carbonyl (C=O) groups is 2. The number of nitrogens with zero attached hydrogens (tertiary/aromatic N) is 3. The number of amides is 1. The van der Waals surface area contributed by atoms with E-state index in [0.29, 0.717) is 33.3 Å². The molecule has 1 aliphatic heterocycles. The van der Waals surface area contributed by atoms with Gasteiger partial charge in [-0.25, -0.2) is 4.57 Å². The van der Waals surface area contributed by atoms with E-state index in [-0.39, 0.29) is 6.54 Å². The topological polar surface area (TPSA) is 110 Å². The first-order valence-corrected chi connectivity index (χ1v) is 13.8. The molecule has 9 nitrogen and oxygen atoms in total. The average Bonchev–Trinajstić information content (AvgIpc) is 2.93. The second kappa shape index (κ2) is 13.3. The van der Waals surface area contributed by atoms with E-state index in [1.807, 2.05) is 18.2 Å². The Hall–Kier alpha value is -3.11. The van der Waals surface area contributed by atoms with Gasteiger partial charge in [0.25, 0.3) is 11.5 Å². The maximum Gasteiger partial charge on any atom is 0.257 e. The standard InChI is InChI=1S/C28H33Cl2N5O4/c1-19(31)28(38)32-18-26(37)35-24-17-21(9-7-20(24)8-10-25(35)36)39-16-3-2-11-33-12-14-34(15-13-33)23-6-4-5-22(29)27(23)30/h4-10,17,19H,2-3,11-16,18,31H2,1H3,(H,32,38). The minimum Gasteiger partial charge on any atom is -0.494 e. The molecule has 0 bridgehead atoms. The van der Waals surface area contributed by atoms with Gasteiger partial charge in [-0.05, 0) is 62.0 Å². The molecule has 208 valence electrons. The molecule has 0 aliphatic carbocycles. The van der Waals surface area contributed by atoms with Crippen LogP contribution in [0.4, 0.5) is 5.69 Å². The molecule has 11 heteroatoms. The number of pyridine rings is 1. The van der Waals surface area contributed by atoms with Crippen LogP contribution in [0.15, 0.2) is 53.3 Å². The van der Waals surface area contributed by atoms with Gasteiger partial charge in [-0.15, -0.1) is 0 Å². The summed E-state index contributed by atoms with van der Waals surface area (Å²) in [4.78, 5) is 41.7. The number of aromatic nitrogens is 1. The largest absolute Gasteiger partial charge is 0.494 e. The Kier molecular flexibility index (Phi) is 9.85. The van der Waals surface area contributed by atoms with Crippen LogP contribution in [0.1, 0.15) is 24.6 Å². The van der Waals surface area contributed by atoms with Gasteiger partial charge >= 0.3 is 0 Å². The van der Waals surface area contributed by atoms with E-state index in [4.69, 9.17) is 33.7 Å². The summed E-state index contributed by atoms with van der Waals surface area (Å²) in [6.07, 6.45) is 1.84. The van der Waals surface area contributed by atoms with Crippen LogP contribution in [0.3, 0.4) is 0 Å². The lowest BCUT2D eigenvalue weighted by molar-refractivity contribution is -0.121. The zero-order valence-corrected chi connectivity index (χ0v) is 23.4. The normalized spacial score (nSPS) is 14.8. The van der Waals surface area contributed by atoms with E-state index in [9.17, 15) is 14.4 Å². The molecule has 0 radical (unpaired) electrons.